The van der Waals surface area contributed by atoms with Crippen LogP contribution in [-0.2, 0) is 9.53 Å². The number of esters is 1. The first-order valence-electron chi connectivity index (χ1n) is 9.03. The number of amides is 1. The van der Waals surface area contributed by atoms with Gasteiger partial charge in [-0.15, -0.1) is 0 Å². The van der Waals surface area contributed by atoms with Crippen LogP contribution in [0.15, 0.2) is 59.1 Å². The number of nitrogens with zero attached hydrogens (tertiary/aromatic N) is 1. The van der Waals surface area contributed by atoms with Crippen molar-refractivity contribution in [3.63, 3.8) is 0 Å². The first-order valence-corrected chi connectivity index (χ1v) is 9.03. The van der Waals surface area contributed by atoms with Crippen molar-refractivity contribution in [2.45, 2.75) is 26.4 Å². The molecule has 3 rings (SSSR count). The maximum absolute atomic E-state index is 13.1. The molecule has 2 aromatic carbocycles. The maximum Gasteiger partial charge on any atom is 0.341 e. The summed E-state index contributed by atoms with van der Waals surface area (Å²) < 4.78 is 23.4. The number of hydrogen-bond acceptors (Lipinski definition) is 6. The Bertz CT molecular complexity index is 1000. The standard InChI is InChI=1S/C21H20FN3O4/c1-3-18(20(26)24-19-12-13(2)29-25-19)28-21(27)16-6-4-5-7-17(16)23-15-10-8-14(22)9-11-15/h4-12,18,23H,3H2,1-2H3,(H,24,25,26)/t18-/m1/s1. The van der Waals surface area contributed by atoms with Crippen LogP contribution in [0.4, 0.5) is 21.6 Å². The summed E-state index contributed by atoms with van der Waals surface area (Å²) >= 11 is 0. The number of anilines is 3. The lowest BCUT2D eigenvalue weighted by Crippen LogP contribution is -2.32. The Hall–Kier alpha value is -3.68. The van der Waals surface area contributed by atoms with E-state index >= 15 is 0 Å². The molecule has 1 heterocycles. The van der Waals surface area contributed by atoms with E-state index in [4.69, 9.17) is 9.26 Å². The number of aryl methyl sites for hydroxylation is 1. The van der Waals surface area contributed by atoms with Gasteiger partial charge in [-0.1, -0.05) is 24.2 Å². The van der Waals surface area contributed by atoms with Crippen molar-refractivity contribution in [1.29, 1.82) is 0 Å². The predicted octanol–water partition coefficient (Wildman–Crippen LogP) is 4.44. The Morgan fingerprint density at radius 2 is 1.90 bits per heavy atom. The minimum absolute atomic E-state index is 0.250. The smallest absolute Gasteiger partial charge is 0.341 e. The summed E-state index contributed by atoms with van der Waals surface area (Å²) in [6, 6.07) is 14.0. The van der Waals surface area contributed by atoms with Crippen LogP contribution in [0.2, 0.25) is 0 Å². The topological polar surface area (TPSA) is 93.5 Å². The van der Waals surface area contributed by atoms with Crippen molar-refractivity contribution in [3.8, 4) is 0 Å². The normalized spacial score (nSPS) is 11.6. The van der Waals surface area contributed by atoms with E-state index in [0.717, 1.165) is 0 Å². The van der Waals surface area contributed by atoms with E-state index in [1.54, 1.807) is 56.3 Å². The molecule has 0 bridgehead atoms. The molecule has 7 nitrogen and oxygen atoms in total. The molecule has 0 aliphatic carbocycles. The number of nitrogens with one attached hydrogen (secondary N) is 2. The fourth-order valence-electron chi connectivity index (χ4n) is 2.61. The van der Waals surface area contributed by atoms with E-state index in [-0.39, 0.29) is 23.6 Å². The second-order valence-electron chi connectivity index (χ2n) is 6.29. The van der Waals surface area contributed by atoms with Crippen molar-refractivity contribution < 1.29 is 23.2 Å². The van der Waals surface area contributed by atoms with E-state index in [2.05, 4.69) is 15.8 Å². The van der Waals surface area contributed by atoms with Gasteiger partial charge in [-0.2, -0.15) is 0 Å². The molecule has 1 aromatic heterocycles. The minimum atomic E-state index is -1.00. The van der Waals surface area contributed by atoms with E-state index in [1.807, 2.05) is 0 Å². The van der Waals surface area contributed by atoms with Gasteiger partial charge in [0.15, 0.2) is 11.9 Å². The van der Waals surface area contributed by atoms with Crippen molar-refractivity contribution in [3.05, 3.63) is 71.7 Å². The molecule has 150 valence electrons. The first kappa shape index (κ1) is 20.1. The third-order valence-electron chi connectivity index (χ3n) is 4.06. The molecule has 29 heavy (non-hydrogen) atoms. The van der Waals surface area contributed by atoms with Gasteiger partial charge in [-0.3, -0.25) is 4.79 Å². The number of carbonyl (C=O) groups is 2. The highest BCUT2D eigenvalue weighted by Crippen LogP contribution is 2.23. The Morgan fingerprint density at radius 1 is 1.17 bits per heavy atom. The predicted molar refractivity (Wildman–Crippen MR) is 105 cm³/mol. The van der Waals surface area contributed by atoms with Gasteiger partial charge in [-0.25, -0.2) is 9.18 Å². The van der Waals surface area contributed by atoms with E-state index in [9.17, 15) is 14.0 Å². The summed E-state index contributed by atoms with van der Waals surface area (Å²) in [5, 5.41) is 9.30. The maximum atomic E-state index is 13.1. The zero-order valence-electron chi connectivity index (χ0n) is 15.9. The molecule has 0 aliphatic rings. The van der Waals surface area contributed by atoms with Gasteiger partial charge in [0.05, 0.1) is 11.3 Å². The molecule has 2 N–H and O–H groups in total. The van der Waals surface area contributed by atoms with Crippen molar-refractivity contribution >= 4 is 29.1 Å². The van der Waals surface area contributed by atoms with Crippen molar-refractivity contribution in [1.82, 2.24) is 5.16 Å². The molecule has 0 radical (unpaired) electrons. The van der Waals surface area contributed by atoms with E-state index in [1.165, 1.54) is 12.1 Å². The number of hydrogen-bond donors (Lipinski definition) is 2. The highest BCUT2D eigenvalue weighted by atomic mass is 19.1. The molecular weight excluding hydrogens is 377 g/mol. The summed E-state index contributed by atoms with van der Waals surface area (Å²) in [6.07, 6.45) is -0.722. The van der Waals surface area contributed by atoms with Crippen LogP contribution < -0.4 is 10.6 Å². The number of carbonyl (C=O) groups excluding carboxylic acids is 2. The summed E-state index contributed by atoms with van der Waals surface area (Å²) in [5.74, 6) is -0.722. The fraction of sp³-hybridized carbons (Fsp3) is 0.190. The van der Waals surface area contributed by atoms with E-state index in [0.29, 0.717) is 17.1 Å². The van der Waals surface area contributed by atoms with Crippen molar-refractivity contribution in [2.75, 3.05) is 10.6 Å². The molecule has 0 fully saturated rings. The zero-order valence-corrected chi connectivity index (χ0v) is 15.9. The van der Waals surface area contributed by atoms with Gasteiger partial charge in [0, 0.05) is 11.8 Å². The Morgan fingerprint density at radius 3 is 2.55 bits per heavy atom. The van der Waals surface area contributed by atoms with Crippen LogP contribution >= 0.6 is 0 Å². The summed E-state index contributed by atoms with van der Waals surface area (Å²) in [5.41, 5.74) is 1.34. The van der Waals surface area contributed by atoms with Gasteiger partial charge in [0.2, 0.25) is 0 Å². The van der Waals surface area contributed by atoms with Gasteiger partial charge in [-0.05, 0) is 49.7 Å². The highest BCUT2D eigenvalue weighted by Gasteiger charge is 2.24. The molecule has 0 saturated carbocycles. The van der Waals surface area contributed by atoms with E-state index < -0.39 is 18.0 Å². The summed E-state index contributed by atoms with van der Waals surface area (Å²) in [7, 11) is 0. The molecule has 8 heteroatoms. The van der Waals surface area contributed by atoms with Gasteiger partial charge < -0.3 is 19.9 Å². The molecule has 0 spiro atoms. The molecule has 3 aromatic rings. The molecule has 0 saturated heterocycles. The molecule has 1 amide bonds. The fourth-order valence-corrected chi connectivity index (χ4v) is 2.61. The lowest BCUT2D eigenvalue weighted by Gasteiger charge is -2.17. The highest BCUT2D eigenvalue weighted by molar-refractivity contribution is 6.00. The molecule has 0 unspecified atom stereocenters. The van der Waals surface area contributed by atoms with Crippen LogP contribution in [0, 0.1) is 12.7 Å². The number of para-hydroxylation sites is 1. The van der Waals surface area contributed by atoms with Gasteiger partial charge in [0.25, 0.3) is 5.91 Å². The summed E-state index contributed by atoms with van der Waals surface area (Å²) in [4.78, 5) is 25.1. The largest absolute Gasteiger partial charge is 0.449 e. The molecule has 0 aliphatic heterocycles. The summed E-state index contributed by atoms with van der Waals surface area (Å²) in [6.45, 7) is 3.43. The van der Waals surface area contributed by atoms with Crippen LogP contribution in [0.1, 0.15) is 29.5 Å². The average molecular weight is 397 g/mol. The van der Waals surface area contributed by atoms with Crippen LogP contribution in [-0.4, -0.2) is 23.1 Å². The first-order chi connectivity index (χ1) is 14.0. The van der Waals surface area contributed by atoms with Gasteiger partial charge >= 0.3 is 5.97 Å². The lowest BCUT2D eigenvalue weighted by molar-refractivity contribution is -0.124. The molecule has 1 atom stereocenters. The third-order valence-corrected chi connectivity index (χ3v) is 4.06. The average Bonchev–Trinajstić information content (AvgIpc) is 3.12. The SMILES string of the molecule is CC[C@@H](OC(=O)c1ccccc1Nc1ccc(F)cc1)C(=O)Nc1cc(C)on1. The number of benzene rings is 2. The Labute approximate surface area is 166 Å². The molecular formula is C21H20FN3O4. The monoisotopic (exact) mass is 397 g/mol. The van der Waals surface area contributed by atoms with Crippen LogP contribution in [0.25, 0.3) is 0 Å². The lowest BCUT2D eigenvalue weighted by atomic mass is 10.1. The zero-order chi connectivity index (χ0) is 20.8. The van der Waals surface area contributed by atoms with Crippen LogP contribution in [0.5, 0.6) is 0 Å². The Kier molecular flexibility index (Phi) is 6.23. The van der Waals surface area contributed by atoms with Gasteiger partial charge in [0.1, 0.15) is 11.6 Å². The quantitative estimate of drug-likeness (QED) is 0.573. The van der Waals surface area contributed by atoms with Crippen molar-refractivity contribution in [2.24, 2.45) is 0 Å². The minimum Gasteiger partial charge on any atom is -0.449 e. The number of ether oxygens (including phenoxy) is 1. The number of aromatic nitrogens is 1. The Balaban J connectivity index is 1.72. The third kappa shape index (κ3) is 5.19. The second kappa shape index (κ2) is 9.01. The number of halogens is 1. The van der Waals surface area contributed by atoms with Crippen LogP contribution in [0.3, 0.4) is 0 Å². The number of rotatable bonds is 7. The second-order valence-corrected chi connectivity index (χ2v) is 6.29.